The third kappa shape index (κ3) is 4.60. The van der Waals surface area contributed by atoms with Crippen LogP contribution in [0.5, 0.6) is 0 Å². The van der Waals surface area contributed by atoms with Gasteiger partial charge >= 0.3 is 0 Å². The predicted molar refractivity (Wildman–Crippen MR) is 53.0 cm³/mol. The quantitative estimate of drug-likeness (QED) is 0.602. The summed E-state index contributed by atoms with van der Waals surface area (Å²) in [6.07, 6.45) is 2.64. The van der Waals surface area contributed by atoms with Crippen LogP contribution in [0.4, 0.5) is 0 Å². The highest BCUT2D eigenvalue weighted by molar-refractivity contribution is 4.67. The summed E-state index contributed by atoms with van der Waals surface area (Å²) in [6.45, 7) is 6.70. The van der Waals surface area contributed by atoms with E-state index in [1.54, 1.807) is 0 Å². The van der Waals surface area contributed by atoms with Crippen molar-refractivity contribution in [1.82, 2.24) is 4.90 Å². The molecule has 0 saturated carbocycles. The molecule has 0 N–H and O–H groups in total. The molecule has 3 nitrogen and oxygen atoms in total. The summed E-state index contributed by atoms with van der Waals surface area (Å²) >= 11 is 0. The number of likely N-dealkylation sites (N-methyl/N-ethyl adjacent to an activating group) is 1. The summed E-state index contributed by atoms with van der Waals surface area (Å²) in [5.41, 5.74) is 0. The highest BCUT2D eigenvalue weighted by Crippen LogP contribution is 2.03. The van der Waals surface area contributed by atoms with Gasteiger partial charge < -0.3 is 14.4 Å². The van der Waals surface area contributed by atoms with Gasteiger partial charge in [-0.3, -0.25) is 0 Å². The van der Waals surface area contributed by atoms with Crippen LogP contribution in [-0.2, 0) is 9.47 Å². The van der Waals surface area contributed by atoms with Crippen LogP contribution in [0.2, 0.25) is 0 Å². The monoisotopic (exact) mass is 187 g/mol. The second-order valence-corrected chi connectivity index (χ2v) is 3.68. The van der Waals surface area contributed by atoms with Crippen molar-refractivity contribution in [3.8, 4) is 0 Å². The van der Waals surface area contributed by atoms with Crippen LogP contribution in [0.15, 0.2) is 0 Å². The van der Waals surface area contributed by atoms with Crippen LogP contribution in [0.25, 0.3) is 0 Å². The van der Waals surface area contributed by atoms with Crippen molar-refractivity contribution in [2.24, 2.45) is 0 Å². The van der Waals surface area contributed by atoms with Gasteiger partial charge in [-0.25, -0.2) is 0 Å². The van der Waals surface area contributed by atoms with Gasteiger partial charge in [0.2, 0.25) is 0 Å². The maximum Gasteiger partial charge on any atom is 0.0935 e. The molecule has 0 aromatic heterocycles. The normalized spacial score (nSPS) is 24.9. The predicted octanol–water partition coefficient (Wildman–Crippen LogP) is 1.13. The molecule has 0 radical (unpaired) electrons. The average Bonchev–Trinajstić information content (AvgIpc) is 2.13. The largest absolute Gasteiger partial charge is 0.379 e. The van der Waals surface area contributed by atoms with Gasteiger partial charge in [0.1, 0.15) is 0 Å². The Kier molecular flexibility index (Phi) is 5.35. The van der Waals surface area contributed by atoms with Gasteiger partial charge in [0.25, 0.3) is 0 Å². The molecule has 1 saturated heterocycles. The van der Waals surface area contributed by atoms with Crippen molar-refractivity contribution in [1.29, 1.82) is 0 Å². The zero-order chi connectivity index (χ0) is 9.52. The summed E-state index contributed by atoms with van der Waals surface area (Å²) in [5.74, 6) is 0. The Balaban J connectivity index is 2.00. The summed E-state index contributed by atoms with van der Waals surface area (Å²) in [7, 11) is 2.13. The fraction of sp³-hybridized carbons (Fsp3) is 1.00. The molecule has 1 aliphatic rings. The number of hydrogen-bond donors (Lipinski definition) is 0. The summed E-state index contributed by atoms with van der Waals surface area (Å²) < 4.78 is 11.1. The number of rotatable bonds is 5. The molecule has 0 aromatic carbocycles. The molecular weight excluding hydrogens is 166 g/mol. The van der Waals surface area contributed by atoms with Gasteiger partial charge in [-0.2, -0.15) is 0 Å². The molecule has 0 amide bonds. The smallest absolute Gasteiger partial charge is 0.0935 e. The van der Waals surface area contributed by atoms with Gasteiger partial charge in [0, 0.05) is 19.7 Å². The standard InChI is InChI=1S/C10H21NO2/c1-3-4-6-12-9-10-8-11(2)5-7-13-10/h10H,3-9H2,1-2H3. The third-order valence-electron chi connectivity index (χ3n) is 2.29. The van der Waals surface area contributed by atoms with Crippen LogP contribution in [0.3, 0.4) is 0 Å². The third-order valence-corrected chi connectivity index (χ3v) is 2.29. The van der Waals surface area contributed by atoms with Crippen molar-refractivity contribution >= 4 is 0 Å². The molecule has 1 aliphatic heterocycles. The Morgan fingerprint density at radius 1 is 1.54 bits per heavy atom. The Morgan fingerprint density at radius 2 is 2.38 bits per heavy atom. The molecular formula is C10H21NO2. The van der Waals surface area contributed by atoms with Crippen molar-refractivity contribution in [2.75, 3.05) is 40.0 Å². The minimum atomic E-state index is 0.288. The number of hydrogen-bond acceptors (Lipinski definition) is 3. The van der Waals surface area contributed by atoms with E-state index in [1.165, 1.54) is 6.42 Å². The Hall–Kier alpha value is -0.120. The lowest BCUT2D eigenvalue weighted by Gasteiger charge is -2.29. The Bertz CT molecular complexity index is 130. The number of nitrogens with zero attached hydrogens (tertiary/aromatic N) is 1. The molecule has 1 heterocycles. The summed E-state index contributed by atoms with van der Waals surface area (Å²) in [4.78, 5) is 2.29. The highest BCUT2D eigenvalue weighted by Gasteiger charge is 2.17. The molecule has 3 heteroatoms. The van der Waals surface area contributed by atoms with Crippen molar-refractivity contribution in [2.45, 2.75) is 25.9 Å². The van der Waals surface area contributed by atoms with E-state index in [-0.39, 0.29) is 6.10 Å². The van der Waals surface area contributed by atoms with E-state index in [4.69, 9.17) is 9.47 Å². The summed E-state index contributed by atoms with van der Waals surface area (Å²) in [5, 5.41) is 0. The zero-order valence-corrected chi connectivity index (χ0v) is 8.79. The van der Waals surface area contributed by atoms with Crippen LogP contribution in [0.1, 0.15) is 19.8 Å². The van der Waals surface area contributed by atoms with E-state index < -0.39 is 0 Å². The number of morpholine rings is 1. The second kappa shape index (κ2) is 6.35. The van der Waals surface area contributed by atoms with Crippen LogP contribution in [-0.4, -0.2) is 51.0 Å². The lowest BCUT2D eigenvalue weighted by Crippen LogP contribution is -2.42. The molecule has 1 atom stereocenters. The highest BCUT2D eigenvalue weighted by atomic mass is 16.5. The van der Waals surface area contributed by atoms with E-state index >= 15 is 0 Å². The molecule has 1 unspecified atom stereocenters. The molecule has 1 fully saturated rings. The van der Waals surface area contributed by atoms with Crippen LogP contribution < -0.4 is 0 Å². The van der Waals surface area contributed by atoms with Crippen molar-refractivity contribution in [3.05, 3.63) is 0 Å². The second-order valence-electron chi connectivity index (χ2n) is 3.68. The summed E-state index contributed by atoms with van der Waals surface area (Å²) in [6, 6.07) is 0. The lowest BCUT2D eigenvalue weighted by atomic mass is 10.3. The first-order valence-corrected chi connectivity index (χ1v) is 5.21. The van der Waals surface area contributed by atoms with Gasteiger partial charge in [-0.1, -0.05) is 13.3 Å². The van der Waals surface area contributed by atoms with E-state index in [9.17, 15) is 0 Å². The van der Waals surface area contributed by atoms with E-state index in [2.05, 4.69) is 18.9 Å². The fourth-order valence-electron chi connectivity index (χ4n) is 1.43. The first-order chi connectivity index (χ1) is 6.33. The maximum absolute atomic E-state index is 5.56. The van der Waals surface area contributed by atoms with Gasteiger partial charge in [-0.05, 0) is 13.5 Å². The maximum atomic E-state index is 5.56. The average molecular weight is 187 g/mol. The molecule has 0 spiro atoms. The molecule has 0 aromatic rings. The molecule has 0 bridgehead atoms. The van der Waals surface area contributed by atoms with Gasteiger partial charge in [0.15, 0.2) is 0 Å². The Labute approximate surface area is 81.0 Å². The minimum Gasteiger partial charge on any atom is -0.379 e. The zero-order valence-electron chi connectivity index (χ0n) is 8.79. The van der Waals surface area contributed by atoms with E-state index in [0.29, 0.717) is 0 Å². The number of ether oxygens (including phenoxy) is 2. The van der Waals surface area contributed by atoms with Crippen LogP contribution in [0, 0.1) is 0 Å². The molecule has 13 heavy (non-hydrogen) atoms. The first-order valence-electron chi connectivity index (χ1n) is 5.21. The van der Waals surface area contributed by atoms with Gasteiger partial charge in [0.05, 0.1) is 19.3 Å². The van der Waals surface area contributed by atoms with Crippen molar-refractivity contribution in [3.63, 3.8) is 0 Å². The topological polar surface area (TPSA) is 21.7 Å². The number of unbranched alkanes of at least 4 members (excludes halogenated alkanes) is 1. The lowest BCUT2D eigenvalue weighted by molar-refractivity contribution is -0.0633. The molecule has 78 valence electrons. The van der Waals surface area contributed by atoms with Gasteiger partial charge in [-0.15, -0.1) is 0 Å². The minimum absolute atomic E-state index is 0.288. The fourth-order valence-corrected chi connectivity index (χ4v) is 1.43. The van der Waals surface area contributed by atoms with E-state index in [1.807, 2.05) is 0 Å². The molecule has 1 rings (SSSR count). The van der Waals surface area contributed by atoms with Crippen LogP contribution >= 0.6 is 0 Å². The van der Waals surface area contributed by atoms with Crippen molar-refractivity contribution < 1.29 is 9.47 Å². The first kappa shape index (κ1) is 11.0. The molecule has 0 aliphatic carbocycles. The SMILES string of the molecule is CCCCOCC1CN(C)CCO1. The van der Waals surface area contributed by atoms with E-state index in [0.717, 1.165) is 39.3 Å². The Morgan fingerprint density at radius 3 is 3.08 bits per heavy atom.